The quantitative estimate of drug-likeness (QED) is 0.854. The summed E-state index contributed by atoms with van der Waals surface area (Å²) in [4.78, 5) is 4.91. The zero-order valence-electron chi connectivity index (χ0n) is 10.8. The van der Waals surface area contributed by atoms with Gasteiger partial charge in [-0.2, -0.15) is 0 Å². The standard InChI is InChI=1S/C14H23N3/c1-12(15)10-17-9-8-16(2)11-14(17)13-6-4-3-5-7-13/h3-7,12,14H,8-11,15H2,1-2H3. The highest BCUT2D eigenvalue weighted by Gasteiger charge is 2.26. The van der Waals surface area contributed by atoms with E-state index in [0.29, 0.717) is 6.04 Å². The maximum absolute atomic E-state index is 5.94. The zero-order chi connectivity index (χ0) is 12.3. The summed E-state index contributed by atoms with van der Waals surface area (Å²) in [6, 6.07) is 11.5. The van der Waals surface area contributed by atoms with Crippen LogP contribution in [0.3, 0.4) is 0 Å². The van der Waals surface area contributed by atoms with Crippen molar-refractivity contribution < 1.29 is 0 Å². The van der Waals surface area contributed by atoms with Gasteiger partial charge in [-0.1, -0.05) is 30.3 Å². The van der Waals surface area contributed by atoms with Crippen molar-refractivity contribution in [3.8, 4) is 0 Å². The molecule has 0 saturated carbocycles. The molecular formula is C14H23N3. The molecule has 1 aliphatic rings. The van der Waals surface area contributed by atoms with Crippen molar-refractivity contribution in [2.45, 2.75) is 19.0 Å². The van der Waals surface area contributed by atoms with Gasteiger partial charge in [0, 0.05) is 38.3 Å². The van der Waals surface area contributed by atoms with E-state index < -0.39 is 0 Å². The highest BCUT2D eigenvalue weighted by Crippen LogP contribution is 2.24. The third-order valence-electron chi connectivity index (χ3n) is 3.40. The molecule has 3 nitrogen and oxygen atoms in total. The van der Waals surface area contributed by atoms with E-state index in [0.717, 1.165) is 26.2 Å². The summed E-state index contributed by atoms with van der Waals surface area (Å²) < 4.78 is 0. The first-order chi connectivity index (χ1) is 8.16. The lowest BCUT2D eigenvalue weighted by Crippen LogP contribution is -2.49. The maximum atomic E-state index is 5.94. The van der Waals surface area contributed by atoms with Crippen LogP contribution in [0.1, 0.15) is 18.5 Å². The molecule has 1 aliphatic heterocycles. The van der Waals surface area contributed by atoms with Crippen LogP contribution in [0.15, 0.2) is 30.3 Å². The molecule has 0 bridgehead atoms. The number of likely N-dealkylation sites (N-methyl/N-ethyl adjacent to an activating group) is 1. The first-order valence-electron chi connectivity index (χ1n) is 6.40. The van der Waals surface area contributed by atoms with Crippen LogP contribution < -0.4 is 5.73 Å². The molecule has 0 aromatic heterocycles. The van der Waals surface area contributed by atoms with Gasteiger partial charge in [0.2, 0.25) is 0 Å². The molecule has 0 aliphatic carbocycles. The van der Waals surface area contributed by atoms with E-state index in [1.807, 2.05) is 0 Å². The second-order valence-electron chi connectivity index (χ2n) is 5.16. The largest absolute Gasteiger partial charge is 0.327 e. The van der Waals surface area contributed by atoms with Crippen LogP contribution >= 0.6 is 0 Å². The second kappa shape index (κ2) is 5.63. The fraction of sp³-hybridized carbons (Fsp3) is 0.571. The number of rotatable bonds is 3. The highest BCUT2D eigenvalue weighted by atomic mass is 15.3. The van der Waals surface area contributed by atoms with Crippen molar-refractivity contribution in [1.82, 2.24) is 9.80 Å². The smallest absolute Gasteiger partial charge is 0.0476 e. The molecular weight excluding hydrogens is 210 g/mol. The summed E-state index contributed by atoms with van der Waals surface area (Å²) in [5.41, 5.74) is 7.35. The Morgan fingerprint density at radius 1 is 1.29 bits per heavy atom. The van der Waals surface area contributed by atoms with Crippen LogP contribution in [0.25, 0.3) is 0 Å². The fourth-order valence-electron chi connectivity index (χ4n) is 2.54. The minimum atomic E-state index is 0.240. The Morgan fingerprint density at radius 2 is 2.00 bits per heavy atom. The number of piperazine rings is 1. The van der Waals surface area contributed by atoms with Gasteiger partial charge in [-0.25, -0.2) is 0 Å². The van der Waals surface area contributed by atoms with Gasteiger partial charge >= 0.3 is 0 Å². The fourth-order valence-corrected chi connectivity index (χ4v) is 2.54. The molecule has 2 atom stereocenters. The van der Waals surface area contributed by atoms with Gasteiger partial charge in [0.25, 0.3) is 0 Å². The Kier molecular flexibility index (Phi) is 4.15. The van der Waals surface area contributed by atoms with E-state index in [2.05, 4.69) is 54.1 Å². The van der Waals surface area contributed by atoms with Crippen molar-refractivity contribution in [1.29, 1.82) is 0 Å². The molecule has 94 valence electrons. The Labute approximate surface area is 104 Å². The number of hydrogen-bond donors (Lipinski definition) is 1. The van der Waals surface area contributed by atoms with Crippen LogP contribution in [-0.4, -0.2) is 49.1 Å². The van der Waals surface area contributed by atoms with Crippen molar-refractivity contribution >= 4 is 0 Å². The van der Waals surface area contributed by atoms with E-state index in [1.54, 1.807) is 0 Å². The Morgan fingerprint density at radius 3 is 2.65 bits per heavy atom. The molecule has 3 heteroatoms. The van der Waals surface area contributed by atoms with Gasteiger partial charge in [-0.05, 0) is 19.5 Å². The van der Waals surface area contributed by atoms with E-state index in [4.69, 9.17) is 5.73 Å². The van der Waals surface area contributed by atoms with Gasteiger partial charge in [-0.15, -0.1) is 0 Å². The number of hydrogen-bond acceptors (Lipinski definition) is 3. The zero-order valence-corrected chi connectivity index (χ0v) is 10.8. The minimum absolute atomic E-state index is 0.240. The van der Waals surface area contributed by atoms with Crippen LogP contribution in [0, 0.1) is 0 Å². The molecule has 0 amide bonds. The monoisotopic (exact) mass is 233 g/mol. The van der Waals surface area contributed by atoms with E-state index >= 15 is 0 Å². The maximum Gasteiger partial charge on any atom is 0.0476 e. The average Bonchev–Trinajstić information content (AvgIpc) is 2.32. The second-order valence-corrected chi connectivity index (χ2v) is 5.16. The van der Waals surface area contributed by atoms with Crippen molar-refractivity contribution in [3.63, 3.8) is 0 Å². The lowest BCUT2D eigenvalue weighted by atomic mass is 10.0. The summed E-state index contributed by atoms with van der Waals surface area (Å²) in [6.45, 7) is 6.40. The van der Waals surface area contributed by atoms with Crippen molar-refractivity contribution in [2.75, 3.05) is 33.2 Å². The molecule has 17 heavy (non-hydrogen) atoms. The molecule has 1 fully saturated rings. The molecule has 1 saturated heterocycles. The number of benzene rings is 1. The van der Waals surface area contributed by atoms with Gasteiger partial charge in [-0.3, -0.25) is 4.90 Å². The van der Waals surface area contributed by atoms with Crippen molar-refractivity contribution in [2.24, 2.45) is 5.73 Å². The topological polar surface area (TPSA) is 32.5 Å². The summed E-state index contributed by atoms with van der Waals surface area (Å²) in [5.74, 6) is 0. The van der Waals surface area contributed by atoms with Crippen molar-refractivity contribution in [3.05, 3.63) is 35.9 Å². The third kappa shape index (κ3) is 3.28. The SMILES string of the molecule is CC(N)CN1CCN(C)CC1c1ccccc1. The van der Waals surface area contributed by atoms with Gasteiger partial charge in [0.1, 0.15) is 0 Å². The lowest BCUT2D eigenvalue weighted by Gasteiger charge is -2.41. The van der Waals surface area contributed by atoms with E-state index in [-0.39, 0.29) is 6.04 Å². The van der Waals surface area contributed by atoms with E-state index in [1.165, 1.54) is 5.56 Å². The lowest BCUT2D eigenvalue weighted by molar-refractivity contribution is 0.0859. The highest BCUT2D eigenvalue weighted by molar-refractivity contribution is 5.20. The average molecular weight is 233 g/mol. The summed E-state index contributed by atoms with van der Waals surface area (Å²) >= 11 is 0. The molecule has 2 rings (SSSR count). The summed E-state index contributed by atoms with van der Waals surface area (Å²) in [6.07, 6.45) is 0. The molecule has 1 aromatic carbocycles. The molecule has 2 N–H and O–H groups in total. The Bertz CT molecular complexity index is 337. The predicted molar refractivity (Wildman–Crippen MR) is 71.9 cm³/mol. The minimum Gasteiger partial charge on any atom is -0.327 e. The summed E-state index contributed by atoms with van der Waals surface area (Å²) in [7, 11) is 2.19. The van der Waals surface area contributed by atoms with E-state index in [9.17, 15) is 0 Å². The molecule has 0 radical (unpaired) electrons. The molecule has 1 heterocycles. The predicted octanol–water partition coefficient (Wildman–Crippen LogP) is 1.32. The Hall–Kier alpha value is -0.900. The van der Waals surface area contributed by atoms with Gasteiger partial charge in [0.15, 0.2) is 0 Å². The van der Waals surface area contributed by atoms with Crippen LogP contribution in [0.4, 0.5) is 0 Å². The molecule has 0 spiro atoms. The van der Waals surface area contributed by atoms with Crippen LogP contribution in [0.2, 0.25) is 0 Å². The van der Waals surface area contributed by atoms with Gasteiger partial charge in [0.05, 0.1) is 0 Å². The van der Waals surface area contributed by atoms with Crippen LogP contribution in [-0.2, 0) is 0 Å². The third-order valence-corrected chi connectivity index (χ3v) is 3.40. The Balaban J connectivity index is 2.14. The first-order valence-corrected chi connectivity index (χ1v) is 6.40. The summed E-state index contributed by atoms with van der Waals surface area (Å²) in [5, 5.41) is 0. The first kappa shape index (κ1) is 12.6. The number of nitrogens with two attached hydrogens (primary N) is 1. The number of nitrogens with zero attached hydrogens (tertiary/aromatic N) is 2. The van der Waals surface area contributed by atoms with Gasteiger partial charge < -0.3 is 10.6 Å². The molecule has 2 unspecified atom stereocenters. The van der Waals surface area contributed by atoms with Crippen LogP contribution in [0.5, 0.6) is 0 Å². The normalized spacial score (nSPS) is 24.8. The molecule has 1 aromatic rings.